The maximum atomic E-state index is 13.5. The van der Waals surface area contributed by atoms with Gasteiger partial charge in [-0.05, 0) is 0 Å². The zero-order valence-corrected chi connectivity index (χ0v) is 8.68. The van der Waals surface area contributed by atoms with Crippen molar-refractivity contribution in [2.75, 3.05) is 6.61 Å². The van der Waals surface area contributed by atoms with Crippen molar-refractivity contribution < 1.29 is 18.9 Å². The molecule has 0 bridgehead atoms. The van der Waals surface area contributed by atoms with E-state index in [1.54, 1.807) is 0 Å². The first-order valence-electron chi connectivity index (χ1n) is 4.57. The number of nitrogens with one attached hydrogen (secondary N) is 1. The summed E-state index contributed by atoms with van der Waals surface area (Å²) in [5.41, 5.74) is 6.52. The molecule has 0 fully saturated rings. The number of hydroxylamine groups is 1. The molecule has 3 N–H and O–H groups in total. The molecule has 0 aliphatic rings. The highest BCUT2D eigenvalue weighted by atomic mass is 19.1. The summed E-state index contributed by atoms with van der Waals surface area (Å²) in [6, 6.07) is 3.78. The van der Waals surface area contributed by atoms with Gasteiger partial charge in [0.1, 0.15) is 6.61 Å². The second-order valence-corrected chi connectivity index (χ2v) is 3.08. The SMILES string of the molecule is NC(=O)CONCc1cccc([N+](=O)[O-])c1F. The smallest absolute Gasteiger partial charge is 0.305 e. The van der Waals surface area contributed by atoms with E-state index in [0.717, 1.165) is 6.07 Å². The minimum Gasteiger partial charge on any atom is -0.368 e. The zero-order valence-electron chi connectivity index (χ0n) is 8.68. The van der Waals surface area contributed by atoms with Crippen molar-refractivity contribution in [2.45, 2.75) is 6.54 Å². The number of amides is 1. The molecule has 7 nitrogen and oxygen atoms in total. The molecule has 0 saturated carbocycles. The summed E-state index contributed by atoms with van der Waals surface area (Å²) >= 11 is 0. The third-order valence-corrected chi connectivity index (χ3v) is 1.83. The summed E-state index contributed by atoms with van der Waals surface area (Å²) in [6.07, 6.45) is 0. The van der Waals surface area contributed by atoms with E-state index in [1.807, 2.05) is 0 Å². The Morgan fingerprint density at radius 3 is 2.88 bits per heavy atom. The number of hydrogen-bond acceptors (Lipinski definition) is 5. The number of nitro groups is 1. The molecule has 8 heteroatoms. The number of hydrogen-bond donors (Lipinski definition) is 2. The standard InChI is InChI=1S/C9H10FN3O4/c10-9-6(4-12-17-5-8(11)14)2-1-3-7(9)13(15)16/h1-3,12H,4-5H2,(H2,11,14). The fourth-order valence-corrected chi connectivity index (χ4v) is 1.09. The van der Waals surface area contributed by atoms with Crippen LogP contribution in [0.5, 0.6) is 0 Å². The fraction of sp³-hybridized carbons (Fsp3) is 0.222. The molecule has 0 spiro atoms. The molecule has 1 aromatic rings. The van der Waals surface area contributed by atoms with Gasteiger partial charge in [-0.3, -0.25) is 19.7 Å². The third kappa shape index (κ3) is 3.78. The topological polar surface area (TPSA) is 107 Å². The Balaban J connectivity index is 2.62. The Hall–Kier alpha value is -2.06. The number of rotatable bonds is 6. The highest BCUT2D eigenvalue weighted by Gasteiger charge is 2.16. The van der Waals surface area contributed by atoms with Crippen molar-refractivity contribution in [3.05, 3.63) is 39.7 Å². The number of carbonyl (C=O) groups excluding carboxylic acids is 1. The lowest BCUT2D eigenvalue weighted by atomic mass is 10.2. The van der Waals surface area contributed by atoms with E-state index in [4.69, 9.17) is 5.73 Å². The summed E-state index contributed by atoms with van der Waals surface area (Å²) in [5.74, 6) is -1.62. The molecular weight excluding hydrogens is 233 g/mol. The maximum absolute atomic E-state index is 13.5. The monoisotopic (exact) mass is 243 g/mol. The van der Waals surface area contributed by atoms with E-state index >= 15 is 0 Å². The Labute approximate surface area is 95.5 Å². The summed E-state index contributed by atoms with van der Waals surface area (Å²) in [7, 11) is 0. The van der Waals surface area contributed by atoms with Gasteiger partial charge >= 0.3 is 5.69 Å². The maximum Gasteiger partial charge on any atom is 0.305 e. The van der Waals surface area contributed by atoms with Crippen molar-refractivity contribution in [3.8, 4) is 0 Å². The first kappa shape index (κ1) is 13.0. The van der Waals surface area contributed by atoms with Gasteiger partial charge in [-0.25, -0.2) is 0 Å². The summed E-state index contributed by atoms with van der Waals surface area (Å²) in [4.78, 5) is 24.5. The van der Waals surface area contributed by atoms with E-state index in [2.05, 4.69) is 10.3 Å². The molecule has 1 aromatic carbocycles. The van der Waals surface area contributed by atoms with Crippen LogP contribution in [0.3, 0.4) is 0 Å². The first-order chi connectivity index (χ1) is 8.02. The summed E-state index contributed by atoms with van der Waals surface area (Å²) < 4.78 is 13.5. The normalized spacial score (nSPS) is 10.2. The molecule has 0 radical (unpaired) electrons. The molecule has 0 heterocycles. The van der Waals surface area contributed by atoms with Gasteiger partial charge in [0, 0.05) is 18.2 Å². The van der Waals surface area contributed by atoms with Crippen LogP contribution in [0.25, 0.3) is 0 Å². The van der Waals surface area contributed by atoms with E-state index in [1.165, 1.54) is 12.1 Å². The molecule has 1 rings (SSSR count). The van der Waals surface area contributed by atoms with Gasteiger partial charge in [-0.1, -0.05) is 12.1 Å². The van der Waals surface area contributed by atoms with Crippen LogP contribution in [0.15, 0.2) is 18.2 Å². The molecule has 0 aliphatic heterocycles. The lowest BCUT2D eigenvalue weighted by Crippen LogP contribution is -2.24. The van der Waals surface area contributed by atoms with Crippen LogP contribution >= 0.6 is 0 Å². The Kier molecular flexibility index (Phi) is 4.49. The van der Waals surface area contributed by atoms with E-state index in [-0.39, 0.29) is 18.7 Å². The van der Waals surface area contributed by atoms with Crippen LogP contribution in [0, 0.1) is 15.9 Å². The van der Waals surface area contributed by atoms with Gasteiger partial charge in [0.25, 0.3) is 0 Å². The van der Waals surface area contributed by atoms with Crippen LogP contribution in [-0.2, 0) is 16.2 Å². The number of nitrogens with zero attached hydrogens (tertiary/aromatic N) is 1. The average molecular weight is 243 g/mol. The highest BCUT2D eigenvalue weighted by Crippen LogP contribution is 2.19. The highest BCUT2D eigenvalue weighted by molar-refractivity contribution is 5.74. The number of nitro benzene ring substituents is 1. The quantitative estimate of drug-likeness (QED) is 0.422. The molecule has 0 aromatic heterocycles. The molecule has 1 amide bonds. The number of nitrogens with two attached hydrogens (primary N) is 1. The van der Waals surface area contributed by atoms with Crippen LogP contribution < -0.4 is 11.2 Å². The predicted molar refractivity (Wildman–Crippen MR) is 55.0 cm³/mol. The number of primary amides is 1. The molecule has 0 atom stereocenters. The molecule has 17 heavy (non-hydrogen) atoms. The van der Waals surface area contributed by atoms with Gasteiger partial charge in [-0.15, -0.1) is 0 Å². The summed E-state index contributed by atoms with van der Waals surface area (Å²) in [6.45, 7) is -0.475. The van der Waals surface area contributed by atoms with Gasteiger partial charge in [-0.2, -0.15) is 9.87 Å². The molecular formula is C9H10FN3O4. The molecule has 0 saturated heterocycles. The predicted octanol–water partition coefficient (Wildman–Crippen LogP) is 0.240. The molecule has 0 unspecified atom stereocenters. The second-order valence-electron chi connectivity index (χ2n) is 3.08. The second kappa shape index (κ2) is 5.87. The van der Waals surface area contributed by atoms with Crippen molar-refractivity contribution in [2.24, 2.45) is 5.73 Å². The molecule has 92 valence electrons. The van der Waals surface area contributed by atoms with Crippen LogP contribution in [0.1, 0.15) is 5.56 Å². The minimum absolute atomic E-state index is 0.0590. The van der Waals surface area contributed by atoms with Gasteiger partial charge in [0.2, 0.25) is 11.7 Å². The third-order valence-electron chi connectivity index (χ3n) is 1.83. The van der Waals surface area contributed by atoms with E-state index in [0.29, 0.717) is 0 Å². The Morgan fingerprint density at radius 1 is 1.59 bits per heavy atom. The van der Waals surface area contributed by atoms with Crippen LogP contribution in [0.2, 0.25) is 0 Å². The first-order valence-corrected chi connectivity index (χ1v) is 4.57. The lowest BCUT2D eigenvalue weighted by Gasteiger charge is -2.05. The van der Waals surface area contributed by atoms with Crippen molar-refractivity contribution in [1.82, 2.24) is 5.48 Å². The van der Waals surface area contributed by atoms with Crippen molar-refractivity contribution in [3.63, 3.8) is 0 Å². The Bertz CT molecular complexity index is 438. The van der Waals surface area contributed by atoms with Gasteiger partial charge in [0.15, 0.2) is 0 Å². The molecule has 0 aliphatic carbocycles. The van der Waals surface area contributed by atoms with Crippen LogP contribution in [-0.4, -0.2) is 17.4 Å². The number of halogens is 1. The lowest BCUT2D eigenvalue weighted by molar-refractivity contribution is -0.387. The number of benzene rings is 1. The van der Waals surface area contributed by atoms with E-state index < -0.39 is 22.3 Å². The van der Waals surface area contributed by atoms with Gasteiger partial charge < -0.3 is 5.73 Å². The minimum atomic E-state index is -0.937. The fourth-order valence-electron chi connectivity index (χ4n) is 1.09. The number of carbonyl (C=O) groups is 1. The van der Waals surface area contributed by atoms with Crippen LogP contribution in [0.4, 0.5) is 10.1 Å². The zero-order chi connectivity index (χ0) is 12.8. The van der Waals surface area contributed by atoms with E-state index in [9.17, 15) is 19.3 Å². The summed E-state index contributed by atoms with van der Waals surface area (Å²) in [5, 5.41) is 10.4. The Morgan fingerprint density at radius 2 is 2.29 bits per heavy atom. The van der Waals surface area contributed by atoms with Gasteiger partial charge in [0.05, 0.1) is 4.92 Å². The van der Waals surface area contributed by atoms with Crippen molar-refractivity contribution in [1.29, 1.82) is 0 Å². The average Bonchev–Trinajstić information content (AvgIpc) is 2.25. The largest absolute Gasteiger partial charge is 0.368 e. The van der Waals surface area contributed by atoms with Crippen molar-refractivity contribution >= 4 is 11.6 Å².